The van der Waals surface area contributed by atoms with E-state index >= 15 is 0 Å². The summed E-state index contributed by atoms with van der Waals surface area (Å²) in [7, 11) is 1.56. The summed E-state index contributed by atoms with van der Waals surface area (Å²) in [5, 5.41) is 14.8. The number of carbonyl (C=O) groups excluding carboxylic acids is 1. The highest BCUT2D eigenvalue weighted by molar-refractivity contribution is 7.98. The number of urea groups is 1. The Kier molecular flexibility index (Phi) is 6.98. The van der Waals surface area contributed by atoms with Gasteiger partial charge in [-0.15, -0.1) is 22.0 Å². The van der Waals surface area contributed by atoms with E-state index in [1.54, 1.807) is 43.5 Å². The van der Waals surface area contributed by atoms with E-state index in [0.29, 0.717) is 32.9 Å². The Balaban J connectivity index is 1.44. The lowest BCUT2D eigenvalue weighted by atomic mass is 10.2. The Hall–Kier alpha value is -3.43. The standard InChI is InChI=1S/C23H19FN4O2S2/c1-30-17-9-6-8-16(13-17)25-22(29)26-23-28-27-21(32-23)18-10-3-5-12-20(18)31-14-15-7-2-4-11-19(15)24/h2-13H,14H2,1H3,(H2,25,26,28,29). The van der Waals surface area contributed by atoms with Crippen LogP contribution in [0.1, 0.15) is 5.56 Å². The molecule has 0 aliphatic heterocycles. The Morgan fingerprint density at radius 3 is 2.69 bits per heavy atom. The maximum absolute atomic E-state index is 14.0. The first-order valence-corrected chi connectivity index (χ1v) is 11.4. The number of ether oxygens (including phenoxy) is 1. The van der Waals surface area contributed by atoms with Gasteiger partial charge in [-0.2, -0.15) is 0 Å². The van der Waals surface area contributed by atoms with Crippen molar-refractivity contribution in [3.63, 3.8) is 0 Å². The quantitative estimate of drug-likeness (QED) is 0.313. The van der Waals surface area contributed by atoms with Crippen LogP contribution in [0.5, 0.6) is 5.75 Å². The Labute approximate surface area is 192 Å². The number of thioether (sulfide) groups is 1. The van der Waals surface area contributed by atoms with Gasteiger partial charge in [-0.25, -0.2) is 9.18 Å². The van der Waals surface area contributed by atoms with Crippen molar-refractivity contribution < 1.29 is 13.9 Å². The molecule has 2 amide bonds. The van der Waals surface area contributed by atoms with E-state index in [4.69, 9.17) is 4.74 Å². The van der Waals surface area contributed by atoms with E-state index in [0.717, 1.165) is 10.5 Å². The van der Waals surface area contributed by atoms with Crippen molar-refractivity contribution in [2.75, 3.05) is 17.7 Å². The third kappa shape index (κ3) is 5.43. The average Bonchev–Trinajstić information content (AvgIpc) is 3.27. The number of nitrogens with zero attached hydrogens (tertiary/aromatic N) is 2. The summed E-state index contributed by atoms with van der Waals surface area (Å²) >= 11 is 2.79. The van der Waals surface area contributed by atoms with E-state index in [1.807, 2.05) is 30.3 Å². The minimum atomic E-state index is -0.428. The molecule has 6 nitrogen and oxygen atoms in total. The summed E-state index contributed by atoms with van der Waals surface area (Å²) in [4.78, 5) is 13.3. The highest BCUT2D eigenvalue weighted by Gasteiger charge is 2.14. The molecular formula is C23H19FN4O2S2. The summed E-state index contributed by atoms with van der Waals surface area (Å²) in [6.07, 6.45) is 0. The van der Waals surface area contributed by atoms with Crippen LogP contribution in [0.4, 0.5) is 20.0 Å². The van der Waals surface area contributed by atoms with Gasteiger partial charge in [0.1, 0.15) is 11.6 Å². The van der Waals surface area contributed by atoms with Crippen molar-refractivity contribution >= 4 is 39.9 Å². The molecule has 1 aromatic heterocycles. The van der Waals surface area contributed by atoms with Crippen LogP contribution in [0, 0.1) is 5.82 Å². The summed E-state index contributed by atoms with van der Waals surface area (Å²) < 4.78 is 19.1. The third-order valence-corrected chi connectivity index (χ3v) is 6.43. The number of methoxy groups -OCH3 is 1. The molecule has 0 saturated heterocycles. The highest BCUT2D eigenvalue weighted by Crippen LogP contribution is 2.36. The van der Waals surface area contributed by atoms with Crippen molar-refractivity contribution in [1.82, 2.24) is 10.2 Å². The molecule has 32 heavy (non-hydrogen) atoms. The van der Waals surface area contributed by atoms with Gasteiger partial charge in [-0.05, 0) is 29.8 Å². The van der Waals surface area contributed by atoms with Gasteiger partial charge in [-0.3, -0.25) is 5.32 Å². The second-order valence-electron chi connectivity index (χ2n) is 6.60. The highest BCUT2D eigenvalue weighted by atomic mass is 32.2. The molecule has 3 aromatic carbocycles. The summed E-state index contributed by atoms with van der Waals surface area (Å²) in [5.74, 6) is 0.920. The average molecular weight is 467 g/mol. The number of halogens is 1. The number of anilines is 2. The fourth-order valence-electron chi connectivity index (χ4n) is 2.88. The van der Waals surface area contributed by atoms with Crippen molar-refractivity contribution in [3.05, 3.63) is 84.2 Å². The predicted molar refractivity (Wildman–Crippen MR) is 127 cm³/mol. The van der Waals surface area contributed by atoms with Crippen LogP contribution < -0.4 is 15.4 Å². The molecule has 0 bridgehead atoms. The topological polar surface area (TPSA) is 76.1 Å². The molecule has 0 radical (unpaired) electrons. The molecule has 0 saturated carbocycles. The Bertz CT molecular complexity index is 1230. The SMILES string of the molecule is COc1cccc(NC(=O)Nc2nnc(-c3ccccc3SCc3ccccc3F)s2)c1. The van der Waals surface area contributed by atoms with Crippen LogP contribution in [0.3, 0.4) is 0 Å². The molecule has 0 spiro atoms. The first kappa shape index (κ1) is 21.8. The molecule has 1 heterocycles. The number of hydrogen-bond acceptors (Lipinski definition) is 6. The largest absolute Gasteiger partial charge is 0.497 e. The Morgan fingerprint density at radius 1 is 1.03 bits per heavy atom. The lowest BCUT2D eigenvalue weighted by Gasteiger charge is -2.07. The van der Waals surface area contributed by atoms with E-state index in [-0.39, 0.29) is 5.82 Å². The smallest absolute Gasteiger partial charge is 0.325 e. The van der Waals surface area contributed by atoms with E-state index in [1.165, 1.54) is 29.2 Å². The molecule has 0 aliphatic carbocycles. The van der Waals surface area contributed by atoms with Crippen molar-refractivity contribution in [1.29, 1.82) is 0 Å². The second-order valence-corrected chi connectivity index (χ2v) is 8.59. The van der Waals surface area contributed by atoms with E-state index in [9.17, 15) is 9.18 Å². The zero-order valence-corrected chi connectivity index (χ0v) is 18.7. The summed E-state index contributed by atoms with van der Waals surface area (Å²) in [5.41, 5.74) is 2.12. The molecule has 0 fully saturated rings. The minimum Gasteiger partial charge on any atom is -0.497 e. The number of benzene rings is 3. The van der Waals surface area contributed by atoms with Gasteiger partial charge in [0.15, 0.2) is 5.01 Å². The number of rotatable bonds is 7. The number of carbonyl (C=O) groups is 1. The fraction of sp³-hybridized carbons (Fsp3) is 0.0870. The van der Waals surface area contributed by atoms with Gasteiger partial charge >= 0.3 is 6.03 Å². The van der Waals surface area contributed by atoms with E-state index in [2.05, 4.69) is 20.8 Å². The fourth-order valence-corrected chi connectivity index (χ4v) is 4.77. The van der Waals surface area contributed by atoms with Crippen LogP contribution in [0.25, 0.3) is 10.6 Å². The van der Waals surface area contributed by atoms with Gasteiger partial charge in [0.2, 0.25) is 5.13 Å². The van der Waals surface area contributed by atoms with Crippen molar-refractivity contribution in [3.8, 4) is 16.3 Å². The predicted octanol–water partition coefficient (Wildman–Crippen LogP) is 6.29. The van der Waals surface area contributed by atoms with Gasteiger partial charge in [-0.1, -0.05) is 53.8 Å². The van der Waals surface area contributed by atoms with Gasteiger partial charge < -0.3 is 10.1 Å². The van der Waals surface area contributed by atoms with Crippen molar-refractivity contribution in [2.24, 2.45) is 0 Å². The van der Waals surface area contributed by atoms with Crippen LogP contribution in [0.2, 0.25) is 0 Å². The zero-order chi connectivity index (χ0) is 22.3. The normalized spacial score (nSPS) is 10.6. The van der Waals surface area contributed by atoms with E-state index < -0.39 is 6.03 Å². The summed E-state index contributed by atoms with van der Waals surface area (Å²) in [6, 6.07) is 21.1. The van der Waals surface area contributed by atoms with Crippen LogP contribution in [-0.2, 0) is 5.75 Å². The van der Waals surface area contributed by atoms with Gasteiger partial charge in [0.25, 0.3) is 0 Å². The lowest BCUT2D eigenvalue weighted by Crippen LogP contribution is -2.19. The van der Waals surface area contributed by atoms with Crippen LogP contribution in [0.15, 0.2) is 77.7 Å². The molecule has 4 aromatic rings. The zero-order valence-electron chi connectivity index (χ0n) is 17.0. The minimum absolute atomic E-state index is 0.220. The second kappa shape index (κ2) is 10.3. The maximum atomic E-state index is 14.0. The number of hydrogen-bond donors (Lipinski definition) is 2. The molecular weight excluding hydrogens is 447 g/mol. The molecule has 0 unspecified atom stereocenters. The number of nitrogens with one attached hydrogen (secondary N) is 2. The molecule has 162 valence electrons. The van der Waals surface area contributed by atoms with Gasteiger partial charge in [0, 0.05) is 28.0 Å². The number of amides is 2. The first-order valence-electron chi connectivity index (χ1n) is 9.63. The third-order valence-electron chi connectivity index (χ3n) is 4.43. The lowest BCUT2D eigenvalue weighted by molar-refractivity contribution is 0.262. The first-order chi connectivity index (χ1) is 15.6. The van der Waals surface area contributed by atoms with Crippen LogP contribution in [-0.4, -0.2) is 23.3 Å². The van der Waals surface area contributed by atoms with Crippen molar-refractivity contribution in [2.45, 2.75) is 10.6 Å². The maximum Gasteiger partial charge on any atom is 0.325 e. The van der Waals surface area contributed by atoms with Crippen LogP contribution >= 0.6 is 23.1 Å². The number of aromatic nitrogens is 2. The molecule has 2 N–H and O–H groups in total. The van der Waals surface area contributed by atoms with Gasteiger partial charge in [0.05, 0.1) is 7.11 Å². The monoisotopic (exact) mass is 466 g/mol. The summed E-state index contributed by atoms with van der Waals surface area (Å²) in [6.45, 7) is 0. The Morgan fingerprint density at radius 2 is 1.84 bits per heavy atom. The molecule has 0 atom stereocenters. The molecule has 4 rings (SSSR count). The molecule has 0 aliphatic rings. The molecule has 9 heteroatoms.